The van der Waals surface area contributed by atoms with Crippen molar-refractivity contribution in [2.24, 2.45) is 5.92 Å². The molecule has 0 aliphatic rings. The van der Waals surface area contributed by atoms with E-state index >= 15 is 0 Å². The fourth-order valence-electron chi connectivity index (χ4n) is 1.85. The van der Waals surface area contributed by atoms with Gasteiger partial charge in [-0.15, -0.1) is 0 Å². The minimum absolute atomic E-state index is 0.0616. The van der Waals surface area contributed by atoms with Gasteiger partial charge in [0.2, 0.25) is 0 Å². The Labute approximate surface area is 122 Å². The number of carbonyl (C=O) groups excluding carboxylic acids is 1. The van der Waals surface area contributed by atoms with Gasteiger partial charge in [-0.2, -0.15) is 0 Å². The molecule has 0 amide bonds. The topological polar surface area (TPSA) is 26.3 Å². The highest BCUT2D eigenvalue weighted by molar-refractivity contribution is 5.97. The molecule has 2 rings (SSSR count). The molecule has 2 nitrogen and oxygen atoms in total. The van der Waals surface area contributed by atoms with E-state index in [4.69, 9.17) is 4.74 Å². The highest BCUT2D eigenvalue weighted by atomic mass is 19.1. The molecule has 0 saturated carbocycles. The summed E-state index contributed by atoms with van der Waals surface area (Å²) in [5.74, 6) is -1.28. The maximum absolute atomic E-state index is 13.4. The number of benzene rings is 2. The molecule has 0 heterocycles. The minimum Gasteiger partial charge on any atom is -0.486 e. The number of halogens is 2. The average molecular weight is 290 g/mol. The van der Waals surface area contributed by atoms with Crippen LogP contribution in [0.15, 0.2) is 42.5 Å². The summed E-state index contributed by atoms with van der Waals surface area (Å²) in [5, 5.41) is 0. The Kier molecular flexibility index (Phi) is 4.68. The van der Waals surface area contributed by atoms with Crippen molar-refractivity contribution >= 4 is 5.78 Å². The normalized spacial score (nSPS) is 10.7. The highest BCUT2D eigenvalue weighted by Crippen LogP contribution is 2.19. The second-order valence-corrected chi connectivity index (χ2v) is 5.08. The van der Waals surface area contributed by atoms with E-state index in [9.17, 15) is 13.6 Å². The standard InChI is InChI=1S/C17H16F2O2/c1-11(2)17(20)13-5-3-12(4-6-13)10-21-16-9-14(18)7-8-15(16)19/h3-9,11H,10H2,1-2H3. The van der Waals surface area contributed by atoms with E-state index in [0.29, 0.717) is 5.56 Å². The van der Waals surface area contributed by atoms with Gasteiger partial charge >= 0.3 is 0 Å². The summed E-state index contributed by atoms with van der Waals surface area (Å²) in [7, 11) is 0. The lowest BCUT2D eigenvalue weighted by Crippen LogP contribution is -2.07. The van der Waals surface area contributed by atoms with E-state index in [-0.39, 0.29) is 24.1 Å². The smallest absolute Gasteiger partial charge is 0.165 e. The maximum Gasteiger partial charge on any atom is 0.165 e. The van der Waals surface area contributed by atoms with Crippen molar-refractivity contribution in [2.45, 2.75) is 20.5 Å². The predicted molar refractivity (Wildman–Crippen MR) is 76.3 cm³/mol. The Morgan fingerprint density at radius 3 is 2.38 bits per heavy atom. The van der Waals surface area contributed by atoms with Gasteiger partial charge < -0.3 is 4.74 Å². The molecule has 0 saturated heterocycles. The molecule has 0 aliphatic carbocycles. The third-order valence-electron chi connectivity index (χ3n) is 3.05. The average Bonchev–Trinajstić information content (AvgIpc) is 2.48. The largest absolute Gasteiger partial charge is 0.486 e. The molecule has 110 valence electrons. The van der Waals surface area contributed by atoms with Gasteiger partial charge in [-0.25, -0.2) is 8.78 Å². The van der Waals surface area contributed by atoms with Crippen LogP contribution in [0.1, 0.15) is 29.8 Å². The van der Waals surface area contributed by atoms with Crippen LogP contribution in [0.25, 0.3) is 0 Å². The second kappa shape index (κ2) is 6.48. The van der Waals surface area contributed by atoms with Gasteiger partial charge in [0.25, 0.3) is 0 Å². The van der Waals surface area contributed by atoms with Crippen LogP contribution in [0.5, 0.6) is 5.75 Å². The lowest BCUT2D eigenvalue weighted by atomic mass is 10.0. The van der Waals surface area contributed by atoms with E-state index in [2.05, 4.69) is 0 Å². The number of hydrogen-bond donors (Lipinski definition) is 0. The summed E-state index contributed by atoms with van der Waals surface area (Å²) >= 11 is 0. The highest BCUT2D eigenvalue weighted by Gasteiger charge is 2.10. The summed E-state index contributed by atoms with van der Waals surface area (Å²) < 4.78 is 31.7. The van der Waals surface area contributed by atoms with Crippen molar-refractivity contribution in [3.8, 4) is 5.75 Å². The van der Waals surface area contributed by atoms with Gasteiger partial charge in [0.1, 0.15) is 12.4 Å². The summed E-state index contributed by atoms with van der Waals surface area (Å²) in [4.78, 5) is 11.8. The van der Waals surface area contributed by atoms with Gasteiger partial charge in [0.05, 0.1) is 0 Å². The molecule has 0 aromatic heterocycles. The van der Waals surface area contributed by atoms with Gasteiger partial charge in [-0.1, -0.05) is 38.1 Å². The van der Waals surface area contributed by atoms with Gasteiger partial charge in [0, 0.05) is 17.5 Å². The first-order valence-corrected chi connectivity index (χ1v) is 6.68. The van der Waals surface area contributed by atoms with Crippen LogP contribution in [-0.4, -0.2) is 5.78 Å². The molecule has 21 heavy (non-hydrogen) atoms. The Balaban J connectivity index is 2.04. The molecule has 0 unspecified atom stereocenters. The first kappa shape index (κ1) is 15.2. The number of Topliss-reactive ketones (excluding diaryl/α,β-unsaturated/α-hetero) is 1. The summed E-state index contributed by atoms with van der Waals surface area (Å²) in [6, 6.07) is 9.97. The molecule has 4 heteroatoms. The lowest BCUT2D eigenvalue weighted by Gasteiger charge is -2.09. The molecular weight excluding hydrogens is 274 g/mol. The van der Waals surface area contributed by atoms with Crippen LogP contribution < -0.4 is 4.74 Å². The molecule has 0 aliphatic heterocycles. The van der Waals surface area contributed by atoms with Gasteiger partial charge in [-0.3, -0.25) is 4.79 Å². The summed E-state index contributed by atoms with van der Waals surface area (Å²) in [6.07, 6.45) is 0. The number of ether oxygens (including phenoxy) is 1. The molecule has 0 atom stereocenters. The quantitative estimate of drug-likeness (QED) is 0.764. The van der Waals surface area contributed by atoms with E-state index in [1.807, 2.05) is 13.8 Å². The first-order chi connectivity index (χ1) is 9.97. The fourth-order valence-corrected chi connectivity index (χ4v) is 1.85. The van der Waals surface area contributed by atoms with Crippen molar-refractivity contribution in [3.05, 3.63) is 65.2 Å². The van der Waals surface area contributed by atoms with Crippen LogP contribution >= 0.6 is 0 Å². The molecular formula is C17H16F2O2. The van der Waals surface area contributed by atoms with E-state index in [0.717, 1.165) is 23.8 Å². The lowest BCUT2D eigenvalue weighted by molar-refractivity contribution is 0.0939. The first-order valence-electron chi connectivity index (χ1n) is 6.68. The third kappa shape index (κ3) is 3.88. The van der Waals surface area contributed by atoms with Crippen molar-refractivity contribution in [2.75, 3.05) is 0 Å². The molecule has 0 spiro atoms. The molecule has 0 radical (unpaired) electrons. The number of hydrogen-bond acceptors (Lipinski definition) is 2. The summed E-state index contributed by atoms with van der Waals surface area (Å²) in [6.45, 7) is 3.79. The molecule has 2 aromatic carbocycles. The zero-order valence-electron chi connectivity index (χ0n) is 11.9. The monoisotopic (exact) mass is 290 g/mol. The van der Waals surface area contributed by atoms with Crippen molar-refractivity contribution in [3.63, 3.8) is 0 Å². The second-order valence-electron chi connectivity index (χ2n) is 5.08. The number of carbonyl (C=O) groups is 1. The third-order valence-corrected chi connectivity index (χ3v) is 3.05. The number of rotatable bonds is 5. The Bertz CT molecular complexity index is 634. The predicted octanol–water partition coefficient (Wildman–Crippen LogP) is 4.38. The van der Waals surface area contributed by atoms with Crippen LogP contribution in [0.2, 0.25) is 0 Å². The Hall–Kier alpha value is -2.23. The minimum atomic E-state index is -0.608. The van der Waals surface area contributed by atoms with Crippen LogP contribution in [0.4, 0.5) is 8.78 Å². The molecule has 0 N–H and O–H groups in total. The van der Waals surface area contributed by atoms with Crippen molar-refractivity contribution < 1.29 is 18.3 Å². The molecule has 0 fully saturated rings. The van der Waals surface area contributed by atoms with Crippen molar-refractivity contribution in [1.82, 2.24) is 0 Å². The fraction of sp³-hybridized carbons (Fsp3) is 0.235. The van der Waals surface area contributed by atoms with E-state index < -0.39 is 11.6 Å². The van der Waals surface area contributed by atoms with E-state index in [1.54, 1.807) is 24.3 Å². The van der Waals surface area contributed by atoms with Crippen LogP contribution in [0.3, 0.4) is 0 Å². The molecule has 2 aromatic rings. The van der Waals surface area contributed by atoms with Gasteiger partial charge in [-0.05, 0) is 17.7 Å². The zero-order chi connectivity index (χ0) is 15.4. The number of ketones is 1. The Morgan fingerprint density at radius 1 is 1.10 bits per heavy atom. The van der Waals surface area contributed by atoms with Crippen LogP contribution in [-0.2, 0) is 6.61 Å². The Morgan fingerprint density at radius 2 is 1.76 bits per heavy atom. The zero-order valence-corrected chi connectivity index (χ0v) is 11.9. The maximum atomic E-state index is 13.4. The van der Waals surface area contributed by atoms with E-state index in [1.165, 1.54) is 0 Å². The van der Waals surface area contributed by atoms with Crippen molar-refractivity contribution in [1.29, 1.82) is 0 Å². The van der Waals surface area contributed by atoms with Crippen LogP contribution in [0, 0.1) is 17.6 Å². The van der Waals surface area contributed by atoms with Gasteiger partial charge in [0.15, 0.2) is 17.3 Å². The summed E-state index contributed by atoms with van der Waals surface area (Å²) in [5.41, 5.74) is 1.41. The molecule has 0 bridgehead atoms. The SMILES string of the molecule is CC(C)C(=O)c1ccc(COc2cc(F)ccc2F)cc1.